The molecule has 0 saturated carbocycles. The fourth-order valence-corrected chi connectivity index (χ4v) is 2.94. The molecule has 0 spiro atoms. The second-order valence-corrected chi connectivity index (χ2v) is 5.86. The van der Waals surface area contributed by atoms with Gasteiger partial charge in [0, 0.05) is 19.6 Å². The summed E-state index contributed by atoms with van der Waals surface area (Å²) >= 11 is 0. The number of hydrogen-bond donors (Lipinski definition) is 1. The molecule has 22 heavy (non-hydrogen) atoms. The molecule has 124 valence electrons. The van der Waals surface area contributed by atoms with Gasteiger partial charge in [0.2, 0.25) is 0 Å². The van der Waals surface area contributed by atoms with E-state index in [1.54, 1.807) is 17.9 Å². The molecule has 2 rings (SSSR count). The van der Waals surface area contributed by atoms with Crippen molar-refractivity contribution in [3.8, 4) is 0 Å². The standard InChI is InChI=1S/C16H23F3N2O/c1-12-9-13(17)3-4-14(12)15(22)10-20-5-2-6-21(8-7-20)11-16(18)19/h3-4,9,15-16,22H,2,5-8,10-11H2,1H3. The van der Waals surface area contributed by atoms with Crippen LogP contribution >= 0.6 is 0 Å². The second kappa shape index (κ2) is 7.94. The molecule has 3 nitrogen and oxygen atoms in total. The van der Waals surface area contributed by atoms with Gasteiger partial charge in [-0.2, -0.15) is 0 Å². The van der Waals surface area contributed by atoms with E-state index in [2.05, 4.69) is 4.90 Å². The number of aliphatic hydroxyl groups is 1. The minimum atomic E-state index is -2.31. The van der Waals surface area contributed by atoms with Crippen molar-refractivity contribution in [3.05, 3.63) is 35.1 Å². The molecule has 1 aromatic carbocycles. The maximum absolute atomic E-state index is 13.1. The number of hydrogen-bond acceptors (Lipinski definition) is 3. The Morgan fingerprint density at radius 3 is 2.32 bits per heavy atom. The van der Waals surface area contributed by atoms with Crippen LogP contribution in [0.5, 0.6) is 0 Å². The number of benzene rings is 1. The van der Waals surface area contributed by atoms with Gasteiger partial charge in [-0.3, -0.25) is 9.80 Å². The van der Waals surface area contributed by atoms with E-state index >= 15 is 0 Å². The van der Waals surface area contributed by atoms with Crippen molar-refractivity contribution in [2.75, 3.05) is 39.3 Å². The average Bonchev–Trinajstić information content (AvgIpc) is 2.63. The quantitative estimate of drug-likeness (QED) is 0.904. The van der Waals surface area contributed by atoms with Crippen LogP contribution in [0, 0.1) is 12.7 Å². The first-order valence-corrected chi connectivity index (χ1v) is 7.62. The van der Waals surface area contributed by atoms with Gasteiger partial charge in [-0.05, 0) is 49.7 Å². The van der Waals surface area contributed by atoms with Crippen LogP contribution in [0.2, 0.25) is 0 Å². The van der Waals surface area contributed by atoms with Crippen molar-refractivity contribution >= 4 is 0 Å². The Morgan fingerprint density at radius 1 is 1.09 bits per heavy atom. The van der Waals surface area contributed by atoms with Gasteiger partial charge < -0.3 is 5.11 Å². The van der Waals surface area contributed by atoms with Crippen LogP contribution in [0.3, 0.4) is 0 Å². The van der Waals surface area contributed by atoms with Crippen LogP contribution in [0.4, 0.5) is 13.2 Å². The summed E-state index contributed by atoms with van der Waals surface area (Å²) in [6.07, 6.45) is -2.19. The number of rotatable bonds is 5. The lowest BCUT2D eigenvalue weighted by atomic mass is 10.0. The van der Waals surface area contributed by atoms with E-state index in [1.807, 2.05) is 0 Å². The van der Waals surface area contributed by atoms with Gasteiger partial charge in [-0.1, -0.05) is 6.07 Å². The molecular weight excluding hydrogens is 293 g/mol. The summed E-state index contributed by atoms with van der Waals surface area (Å²) in [6.45, 7) is 4.70. The van der Waals surface area contributed by atoms with Crippen molar-refractivity contribution in [2.24, 2.45) is 0 Å². The molecule has 1 aliphatic heterocycles. The Bertz CT molecular complexity index is 484. The van der Waals surface area contributed by atoms with Crippen molar-refractivity contribution < 1.29 is 18.3 Å². The lowest BCUT2D eigenvalue weighted by Gasteiger charge is -2.24. The van der Waals surface area contributed by atoms with Gasteiger partial charge in [-0.15, -0.1) is 0 Å². The Morgan fingerprint density at radius 2 is 1.73 bits per heavy atom. The highest BCUT2D eigenvalue weighted by atomic mass is 19.3. The zero-order valence-corrected chi connectivity index (χ0v) is 12.8. The Balaban J connectivity index is 1.90. The summed E-state index contributed by atoms with van der Waals surface area (Å²) in [7, 11) is 0. The van der Waals surface area contributed by atoms with Crippen molar-refractivity contribution in [1.29, 1.82) is 0 Å². The number of alkyl halides is 2. The first-order valence-electron chi connectivity index (χ1n) is 7.62. The fraction of sp³-hybridized carbons (Fsp3) is 0.625. The zero-order chi connectivity index (χ0) is 16.1. The molecule has 1 saturated heterocycles. The molecule has 0 aromatic heterocycles. The number of nitrogens with zero attached hydrogens (tertiary/aromatic N) is 2. The van der Waals surface area contributed by atoms with Crippen LogP contribution in [-0.4, -0.2) is 60.6 Å². The molecule has 1 fully saturated rings. The van der Waals surface area contributed by atoms with E-state index in [0.29, 0.717) is 26.2 Å². The highest BCUT2D eigenvalue weighted by Gasteiger charge is 2.20. The maximum Gasteiger partial charge on any atom is 0.251 e. The van der Waals surface area contributed by atoms with E-state index in [9.17, 15) is 18.3 Å². The predicted molar refractivity (Wildman–Crippen MR) is 79.6 cm³/mol. The van der Waals surface area contributed by atoms with Gasteiger partial charge in [-0.25, -0.2) is 13.2 Å². The second-order valence-electron chi connectivity index (χ2n) is 5.86. The Kier molecular flexibility index (Phi) is 6.23. The fourth-order valence-electron chi connectivity index (χ4n) is 2.94. The van der Waals surface area contributed by atoms with Crippen LogP contribution < -0.4 is 0 Å². The minimum absolute atomic E-state index is 0.187. The van der Waals surface area contributed by atoms with E-state index in [4.69, 9.17) is 0 Å². The third kappa shape index (κ3) is 4.97. The van der Waals surface area contributed by atoms with Gasteiger partial charge in [0.1, 0.15) is 5.82 Å². The van der Waals surface area contributed by atoms with Gasteiger partial charge in [0.25, 0.3) is 6.43 Å². The number of halogens is 3. The predicted octanol–water partition coefficient (Wildman–Crippen LogP) is 2.44. The number of aliphatic hydroxyl groups excluding tert-OH is 1. The van der Waals surface area contributed by atoms with Crippen LogP contribution in [0.25, 0.3) is 0 Å². The van der Waals surface area contributed by atoms with E-state index < -0.39 is 12.5 Å². The lowest BCUT2D eigenvalue weighted by Crippen LogP contribution is -2.35. The summed E-state index contributed by atoms with van der Waals surface area (Å²) in [5.74, 6) is -0.314. The molecule has 1 unspecified atom stereocenters. The lowest BCUT2D eigenvalue weighted by molar-refractivity contribution is 0.0860. The monoisotopic (exact) mass is 316 g/mol. The molecule has 6 heteroatoms. The number of aryl methyl sites for hydroxylation is 1. The van der Waals surface area contributed by atoms with E-state index in [1.165, 1.54) is 12.1 Å². The first-order chi connectivity index (χ1) is 10.5. The van der Waals surface area contributed by atoms with Gasteiger partial charge >= 0.3 is 0 Å². The molecule has 0 bridgehead atoms. The maximum atomic E-state index is 13.1. The third-order valence-corrected chi connectivity index (χ3v) is 4.10. The molecule has 1 aromatic rings. The molecule has 0 aliphatic carbocycles. The highest BCUT2D eigenvalue weighted by Crippen LogP contribution is 2.20. The Labute approximate surface area is 129 Å². The summed E-state index contributed by atoms with van der Waals surface area (Å²) in [4.78, 5) is 3.85. The molecular formula is C16H23F3N2O. The smallest absolute Gasteiger partial charge is 0.251 e. The first kappa shape index (κ1) is 17.2. The average molecular weight is 316 g/mol. The molecule has 1 atom stereocenters. The Hall–Kier alpha value is -1.11. The van der Waals surface area contributed by atoms with Crippen molar-refractivity contribution in [2.45, 2.75) is 25.9 Å². The van der Waals surface area contributed by atoms with Gasteiger partial charge in [0.05, 0.1) is 12.6 Å². The highest BCUT2D eigenvalue weighted by molar-refractivity contribution is 5.28. The van der Waals surface area contributed by atoms with Crippen molar-refractivity contribution in [3.63, 3.8) is 0 Å². The zero-order valence-electron chi connectivity index (χ0n) is 12.8. The molecule has 0 radical (unpaired) electrons. The molecule has 1 N–H and O–H groups in total. The summed E-state index contributed by atoms with van der Waals surface area (Å²) < 4.78 is 38.0. The topological polar surface area (TPSA) is 26.7 Å². The van der Waals surface area contributed by atoms with Gasteiger partial charge in [0.15, 0.2) is 0 Å². The normalized spacial score (nSPS) is 19.4. The molecule has 0 amide bonds. The minimum Gasteiger partial charge on any atom is -0.387 e. The van der Waals surface area contributed by atoms with Crippen LogP contribution in [-0.2, 0) is 0 Å². The largest absolute Gasteiger partial charge is 0.387 e. The number of β-amino-alcohol motifs (C(OH)–C–C–N with tert-alkyl or cyclic N) is 1. The third-order valence-electron chi connectivity index (χ3n) is 4.10. The summed E-state index contributed by atoms with van der Waals surface area (Å²) in [6, 6.07) is 4.36. The van der Waals surface area contributed by atoms with E-state index in [0.717, 1.165) is 24.1 Å². The molecule has 1 heterocycles. The summed E-state index contributed by atoms with van der Waals surface area (Å²) in [5.41, 5.74) is 1.44. The molecule has 1 aliphatic rings. The summed E-state index contributed by atoms with van der Waals surface area (Å²) in [5, 5.41) is 10.3. The van der Waals surface area contributed by atoms with Crippen molar-refractivity contribution in [1.82, 2.24) is 9.80 Å². The van der Waals surface area contributed by atoms with Crippen LogP contribution in [0.1, 0.15) is 23.7 Å². The van der Waals surface area contributed by atoms with E-state index in [-0.39, 0.29) is 12.4 Å². The SMILES string of the molecule is Cc1cc(F)ccc1C(O)CN1CCCN(CC(F)F)CC1. The van der Waals surface area contributed by atoms with Crippen LogP contribution in [0.15, 0.2) is 18.2 Å².